The van der Waals surface area contributed by atoms with E-state index in [4.69, 9.17) is 9.72 Å². The maximum absolute atomic E-state index is 14.2. The molecule has 3 heterocycles. The minimum absolute atomic E-state index is 0.100. The Morgan fingerprint density at radius 3 is 2.41 bits per heavy atom. The third-order valence-corrected chi connectivity index (χ3v) is 6.66. The van der Waals surface area contributed by atoms with Crippen LogP contribution in [0, 0.1) is 11.7 Å². The van der Waals surface area contributed by atoms with Crippen molar-refractivity contribution in [2.45, 2.75) is 19.8 Å². The Balaban J connectivity index is 1.28. The zero-order valence-electron chi connectivity index (χ0n) is 19.5. The second-order valence-corrected chi connectivity index (χ2v) is 8.82. The van der Waals surface area contributed by atoms with Gasteiger partial charge < -0.3 is 19.4 Å². The van der Waals surface area contributed by atoms with Crippen LogP contribution >= 0.6 is 0 Å². The molecule has 2 aromatic carbocycles. The molecular weight excluding hydrogens is 433 g/mol. The zero-order valence-corrected chi connectivity index (χ0v) is 19.5. The summed E-state index contributed by atoms with van der Waals surface area (Å²) < 4.78 is 20.0. The first-order chi connectivity index (χ1) is 16.6. The minimum atomic E-state index is -0.216. The number of para-hydroxylation sites is 3. The van der Waals surface area contributed by atoms with Crippen LogP contribution in [0.15, 0.2) is 48.5 Å². The van der Waals surface area contributed by atoms with Crippen molar-refractivity contribution >= 4 is 28.4 Å². The van der Waals surface area contributed by atoms with E-state index >= 15 is 0 Å². The Labute approximate surface area is 199 Å². The Morgan fingerprint density at radius 1 is 0.971 bits per heavy atom. The summed E-state index contributed by atoms with van der Waals surface area (Å²) in [6.45, 7) is 6.32. The molecular formula is C26H30FN5O2. The monoisotopic (exact) mass is 463 g/mol. The first kappa shape index (κ1) is 22.4. The molecule has 5 rings (SSSR count). The summed E-state index contributed by atoms with van der Waals surface area (Å²) in [6, 6.07) is 14.6. The number of hydrogen-bond acceptors (Lipinski definition) is 6. The number of amides is 1. The molecule has 0 N–H and O–H groups in total. The van der Waals surface area contributed by atoms with Crippen LogP contribution in [-0.4, -0.2) is 66.7 Å². The molecule has 0 aliphatic carbocycles. The summed E-state index contributed by atoms with van der Waals surface area (Å²) in [7, 11) is 0. The van der Waals surface area contributed by atoms with Gasteiger partial charge in [-0.25, -0.2) is 14.4 Å². The average molecular weight is 464 g/mol. The van der Waals surface area contributed by atoms with Gasteiger partial charge in [-0.1, -0.05) is 24.3 Å². The molecule has 0 unspecified atom stereocenters. The van der Waals surface area contributed by atoms with Crippen LogP contribution in [0.5, 0.6) is 5.88 Å². The fourth-order valence-electron chi connectivity index (χ4n) is 4.92. The number of piperidine rings is 1. The average Bonchev–Trinajstić information content (AvgIpc) is 2.88. The van der Waals surface area contributed by atoms with Gasteiger partial charge in [-0.2, -0.15) is 0 Å². The van der Waals surface area contributed by atoms with Gasteiger partial charge in [0.1, 0.15) is 5.82 Å². The molecule has 7 nitrogen and oxygen atoms in total. The molecule has 178 valence electrons. The quantitative estimate of drug-likeness (QED) is 0.575. The van der Waals surface area contributed by atoms with Crippen LogP contribution in [-0.2, 0) is 4.79 Å². The van der Waals surface area contributed by atoms with Crippen LogP contribution in [0.1, 0.15) is 19.8 Å². The van der Waals surface area contributed by atoms with Gasteiger partial charge in [0.05, 0.1) is 29.2 Å². The molecule has 1 amide bonds. The fraction of sp³-hybridized carbons (Fsp3) is 0.423. The molecule has 1 atom stereocenters. The number of carbonyl (C=O) groups is 1. The molecule has 34 heavy (non-hydrogen) atoms. The Kier molecular flexibility index (Phi) is 6.47. The first-order valence-electron chi connectivity index (χ1n) is 12.1. The normalized spacial score (nSPS) is 18.9. The molecule has 0 radical (unpaired) electrons. The van der Waals surface area contributed by atoms with Crippen molar-refractivity contribution in [3.05, 3.63) is 54.3 Å². The van der Waals surface area contributed by atoms with Crippen molar-refractivity contribution in [1.82, 2.24) is 14.9 Å². The van der Waals surface area contributed by atoms with E-state index in [0.29, 0.717) is 56.7 Å². The van der Waals surface area contributed by atoms with Gasteiger partial charge in [0.2, 0.25) is 5.91 Å². The van der Waals surface area contributed by atoms with Crippen molar-refractivity contribution in [2.24, 2.45) is 5.92 Å². The van der Waals surface area contributed by atoms with Crippen LogP contribution in [0.3, 0.4) is 0 Å². The van der Waals surface area contributed by atoms with Crippen molar-refractivity contribution in [3.63, 3.8) is 0 Å². The standard InChI is InChI=1S/C26H30FN5O2/c1-2-34-25-24(28-21-10-4-5-11-22(21)29-25)32-13-7-8-19(18-32)26(33)31-16-14-30(15-17-31)23-12-6-3-9-20(23)27/h3-6,9-12,19H,2,7-8,13-18H2,1H3/t19-/m0/s1. The molecule has 0 spiro atoms. The third-order valence-electron chi connectivity index (χ3n) is 6.66. The predicted molar refractivity (Wildman–Crippen MR) is 131 cm³/mol. The van der Waals surface area contributed by atoms with Crippen LogP contribution < -0.4 is 14.5 Å². The van der Waals surface area contributed by atoms with E-state index in [-0.39, 0.29) is 17.6 Å². The van der Waals surface area contributed by atoms with Crippen molar-refractivity contribution < 1.29 is 13.9 Å². The number of benzene rings is 2. The highest BCUT2D eigenvalue weighted by Gasteiger charge is 2.33. The number of aromatic nitrogens is 2. The van der Waals surface area contributed by atoms with E-state index in [1.165, 1.54) is 6.07 Å². The number of hydrogen-bond donors (Lipinski definition) is 0. The minimum Gasteiger partial charge on any atom is -0.475 e. The molecule has 2 fully saturated rings. The lowest BCUT2D eigenvalue weighted by Gasteiger charge is -2.40. The lowest BCUT2D eigenvalue weighted by atomic mass is 9.96. The first-order valence-corrected chi connectivity index (χ1v) is 12.1. The smallest absolute Gasteiger partial charge is 0.258 e. The highest BCUT2D eigenvalue weighted by Crippen LogP contribution is 2.31. The van der Waals surface area contributed by atoms with Crippen LogP contribution in [0.4, 0.5) is 15.9 Å². The summed E-state index contributed by atoms with van der Waals surface area (Å²) in [4.78, 5) is 29.0. The number of piperazine rings is 1. The molecule has 2 aliphatic heterocycles. The van der Waals surface area contributed by atoms with Gasteiger partial charge in [0, 0.05) is 39.3 Å². The lowest BCUT2D eigenvalue weighted by molar-refractivity contribution is -0.136. The summed E-state index contributed by atoms with van der Waals surface area (Å²) in [6.07, 6.45) is 1.76. The predicted octanol–water partition coefficient (Wildman–Crippen LogP) is 3.73. The lowest BCUT2D eigenvalue weighted by Crippen LogP contribution is -2.53. The highest BCUT2D eigenvalue weighted by atomic mass is 19.1. The largest absolute Gasteiger partial charge is 0.475 e. The Hall–Kier alpha value is -3.42. The van der Waals surface area contributed by atoms with E-state index in [1.54, 1.807) is 12.1 Å². The second-order valence-electron chi connectivity index (χ2n) is 8.82. The van der Waals surface area contributed by atoms with Crippen LogP contribution in [0.2, 0.25) is 0 Å². The van der Waals surface area contributed by atoms with Crippen LogP contribution in [0.25, 0.3) is 11.0 Å². The van der Waals surface area contributed by atoms with Gasteiger partial charge in [0.15, 0.2) is 5.82 Å². The topological polar surface area (TPSA) is 61.8 Å². The van der Waals surface area contributed by atoms with E-state index < -0.39 is 0 Å². The van der Waals surface area contributed by atoms with Gasteiger partial charge >= 0.3 is 0 Å². The number of rotatable bonds is 5. The number of halogens is 1. The van der Waals surface area contributed by atoms with Crippen molar-refractivity contribution in [2.75, 3.05) is 55.7 Å². The van der Waals surface area contributed by atoms with E-state index in [1.807, 2.05) is 47.1 Å². The molecule has 8 heteroatoms. The SMILES string of the molecule is CCOc1nc2ccccc2nc1N1CCC[C@H](C(=O)N2CCN(c3ccccc3F)CC2)C1. The van der Waals surface area contributed by atoms with Gasteiger partial charge in [-0.3, -0.25) is 4.79 Å². The number of nitrogens with zero attached hydrogens (tertiary/aromatic N) is 5. The summed E-state index contributed by atoms with van der Waals surface area (Å²) in [5.74, 6) is 1.09. The Bertz CT molecular complexity index is 1160. The van der Waals surface area contributed by atoms with E-state index in [2.05, 4.69) is 9.88 Å². The van der Waals surface area contributed by atoms with Crippen molar-refractivity contribution in [3.8, 4) is 5.88 Å². The summed E-state index contributed by atoms with van der Waals surface area (Å²) in [5, 5.41) is 0. The van der Waals surface area contributed by atoms with Crippen molar-refractivity contribution in [1.29, 1.82) is 0 Å². The third kappa shape index (κ3) is 4.49. The fourth-order valence-corrected chi connectivity index (χ4v) is 4.92. The van der Waals surface area contributed by atoms with E-state index in [9.17, 15) is 9.18 Å². The second kappa shape index (κ2) is 9.83. The molecule has 3 aromatic rings. The van der Waals surface area contributed by atoms with Gasteiger partial charge in [-0.05, 0) is 44.0 Å². The molecule has 2 saturated heterocycles. The summed E-state index contributed by atoms with van der Waals surface area (Å²) >= 11 is 0. The molecule has 0 saturated carbocycles. The maximum Gasteiger partial charge on any atom is 0.258 e. The zero-order chi connectivity index (χ0) is 23.5. The molecule has 1 aromatic heterocycles. The summed E-state index contributed by atoms with van der Waals surface area (Å²) in [5.41, 5.74) is 2.22. The molecule has 2 aliphatic rings. The number of anilines is 2. The highest BCUT2D eigenvalue weighted by molar-refractivity contribution is 5.81. The molecule has 0 bridgehead atoms. The van der Waals surface area contributed by atoms with Gasteiger partial charge in [-0.15, -0.1) is 0 Å². The Morgan fingerprint density at radius 2 is 1.68 bits per heavy atom. The number of ether oxygens (including phenoxy) is 1. The maximum atomic E-state index is 14.2. The number of carbonyl (C=O) groups excluding carboxylic acids is 1. The van der Waals surface area contributed by atoms with E-state index in [0.717, 1.165) is 30.4 Å². The van der Waals surface area contributed by atoms with Gasteiger partial charge in [0.25, 0.3) is 5.88 Å². The number of fused-ring (bicyclic) bond motifs is 1.